The number of rotatable bonds is 4. The number of nitrogens with one attached hydrogen (secondary N) is 1. The van der Waals surface area contributed by atoms with E-state index in [1.807, 2.05) is 31.2 Å². The zero-order valence-corrected chi connectivity index (χ0v) is 18.3. The highest BCUT2D eigenvalue weighted by molar-refractivity contribution is 14.1. The van der Waals surface area contributed by atoms with E-state index in [4.69, 9.17) is 0 Å². The van der Waals surface area contributed by atoms with Gasteiger partial charge < -0.3 is 10.2 Å². The lowest BCUT2D eigenvalue weighted by Gasteiger charge is -2.15. The zero-order valence-electron chi connectivity index (χ0n) is 15.3. The number of aryl methyl sites for hydroxylation is 2. The summed E-state index contributed by atoms with van der Waals surface area (Å²) < 4.78 is 1.12. The fourth-order valence-electron chi connectivity index (χ4n) is 3.15. The van der Waals surface area contributed by atoms with E-state index in [2.05, 4.69) is 43.9 Å². The smallest absolute Gasteiger partial charge is 0.273 e. The molecule has 0 saturated carbocycles. The summed E-state index contributed by atoms with van der Waals surface area (Å²) in [6.07, 6.45) is 0. The summed E-state index contributed by atoms with van der Waals surface area (Å²) in [4.78, 5) is 37.6. The standard InChI is InChI=1S/C20H17IN4O2S/c1-11-6-7-16(28-11)19(26)24-18-15-10-25(9-13-4-3-5-14(21)8-13)20(27)17(15)22-12(2)23-18/h3-8H,9-10H2,1-2H3,(H,22,23,24,26). The molecule has 0 radical (unpaired) electrons. The Morgan fingerprint density at radius 2 is 2.07 bits per heavy atom. The van der Waals surface area contributed by atoms with Crippen molar-refractivity contribution < 1.29 is 9.59 Å². The molecule has 1 N–H and O–H groups in total. The number of thiophene rings is 1. The van der Waals surface area contributed by atoms with Crippen molar-refractivity contribution in [2.75, 3.05) is 5.32 Å². The second kappa shape index (κ2) is 7.59. The fourth-order valence-corrected chi connectivity index (χ4v) is 4.52. The minimum absolute atomic E-state index is 0.137. The third-order valence-electron chi connectivity index (χ3n) is 4.42. The molecular weight excluding hydrogens is 487 g/mol. The Morgan fingerprint density at radius 3 is 2.79 bits per heavy atom. The number of carbonyl (C=O) groups is 2. The molecule has 0 bridgehead atoms. The largest absolute Gasteiger partial charge is 0.328 e. The number of nitrogens with zero attached hydrogens (tertiary/aromatic N) is 3. The van der Waals surface area contributed by atoms with E-state index in [0.717, 1.165) is 14.0 Å². The number of aromatic nitrogens is 2. The summed E-state index contributed by atoms with van der Waals surface area (Å²) in [6.45, 7) is 4.54. The van der Waals surface area contributed by atoms with Gasteiger partial charge in [-0.3, -0.25) is 9.59 Å². The molecule has 1 aromatic carbocycles. The Hall–Kier alpha value is -2.33. The van der Waals surface area contributed by atoms with Gasteiger partial charge in [0.05, 0.1) is 11.4 Å². The molecule has 2 amide bonds. The molecule has 28 heavy (non-hydrogen) atoms. The van der Waals surface area contributed by atoms with E-state index in [1.54, 1.807) is 17.9 Å². The molecule has 4 rings (SSSR count). The predicted octanol–water partition coefficient (Wildman–Crippen LogP) is 4.17. The summed E-state index contributed by atoms with van der Waals surface area (Å²) in [7, 11) is 0. The lowest BCUT2D eigenvalue weighted by atomic mass is 10.2. The van der Waals surface area contributed by atoms with E-state index in [-0.39, 0.29) is 11.8 Å². The van der Waals surface area contributed by atoms with Gasteiger partial charge in [-0.15, -0.1) is 11.3 Å². The van der Waals surface area contributed by atoms with Gasteiger partial charge in [0.25, 0.3) is 11.8 Å². The quantitative estimate of drug-likeness (QED) is 0.542. The summed E-state index contributed by atoms with van der Waals surface area (Å²) >= 11 is 3.68. The molecule has 2 aromatic heterocycles. The summed E-state index contributed by atoms with van der Waals surface area (Å²) in [5.41, 5.74) is 2.09. The van der Waals surface area contributed by atoms with Crippen molar-refractivity contribution in [3.05, 3.63) is 72.4 Å². The molecule has 0 fully saturated rings. The van der Waals surface area contributed by atoms with Crippen molar-refractivity contribution >= 4 is 51.6 Å². The Bertz CT molecular complexity index is 1100. The average Bonchev–Trinajstić information content (AvgIpc) is 3.20. The van der Waals surface area contributed by atoms with Gasteiger partial charge in [-0.25, -0.2) is 9.97 Å². The maximum Gasteiger partial charge on any atom is 0.273 e. The number of hydrogen-bond donors (Lipinski definition) is 1. The monoisotopic (exact) mass is 504 g/mol. The van der Waals surface area contributed by atoms with E-state index < -0.39 is 0 Å². The minimum atomic E-state index is -0.220. The van der Waals surface area contributed by atoms with Crippen LogP contribution in [0.4, 0.5) is 5.82 Å². The van der Waals surface area contributed by atoms with Gasteiger partial charge in [0.15, 0.2) is 0 Å². The lowest BCUT2D eigenvalue weighted by molar-refractivity contribution is 0.0762. The number of fused-ring (bicyclic) bond motifs is 1. The number of amides is 2. The molecule has 6 nitrogen and oxygen atoms in total. The molecule has 0 atom stereocenters. The van der Waals surface area contributed by atoms with Crippen LogP contribution < -0.4 is 5.32 Å². The highest BCUT2D eigenvalue weighted by Crippen LogP contribution is 2.29. The molecule has 3 aromatic rings. The Labute approximate surface area is 180 Å². The summed E-state index contributed by atoms with van der Waals surface area (Å²) in [6, 6.07) is 11.7. The number of halogens is 1. The predicted molar refractivity (Wildman–Crippen MR) is 117 cm³/mol. The van der Waals surface area contributed by atoms with Crippen molar-refractivity contribution in [2.24, 2.45) is 0 Å². The van der Waals surface area contributed by atoms with Crippen molar-refractivity contribution in [1.29, 1.82) is 0 Å². The second-order valence-corrected chi connectivity index (χ2v) is 9.14. The Balaban J connectivity index is 1.60. The van der Waals surface area contributed by atoms with Crippen molar-refractivity contribution in [1.82, 2.24) is 14.9 Å². The molecule has 1 aliphatic rings. The maximum absolute atomic E-state index is 12.9. The number of benzene rings is 1. The third kappa shape index (κ3) is 3.79. The maximum atomic E-state index is 12.9. The molecule has 1 aliphatic heterocycles. The SMILES string of the molecule is Cc1nc(NC(=O)c2ccc(C)s2)c2c(n1)C(=O)N(Cc1cccc(I)c1)C2. The molecule has 0 spiro atoms. The fraction of sp³-hybridized carbons (Fsp3) is 0.200. The van der Waals surface area contributed by atoms with Crippen molar-refractivity contribution in [3.63, 3.8) is 0 Å². The summed E-state index contributed by atoms with van der Waals surface area (Å²) in [5, 5.41) is 2.87. The zero-order chi connectivity index (χ0) is 19.8. The lowest BCUT2D eigenvalue weighted by Crippen LogP contribution is -2.23. The molecule has 3 heterocycles. The molecule has 0 unspecified atom stereocenters. The molecule has 0 aliphatic carbocycles. The first kappa shape index (κ1) is 19.0. The van der Waals surface area contributed by atoms with Crippen molar-refractivity contribution in [3.8, 4) is 0 Å². The van der Waals surface area contributed by atoms with Crippen LogP contribution in [0.25, 0.3) is 0 Å². The van der Waals surface area contributed by atoms with Gasteiger partial charge in [-0.2, -0.15) is 0 Å². The second-order valence-electron chi connectivity index (χ2n) is 6.60. The third-order valence-corrected chi connectivity index (χ3v) is 6.09. The topological polar surface area (TPSA) is 75.2 Å². The number of anilines is 1. The van der Waals surface area contributed by atoms with E-state index in [9.17, 15) is 9.59 Å². The van der Waals surface area contributed by atoms with Crippen LogP contribution in [0, 0.1) is 17.4 Å². The van der Waals surface area contributed by atoms with Gasteiger partial charge in [-0.1, -0.05) is 12.1 Å². The van der Waals surface area contributed by atoms with Crippen LogP contribution in [-0.2, 0) is 13.1 Å². The number of carbonyl (C=O) groups excluding carboxylic acids is 2. The van der Waals surface area contributed by atoms with Crippen LogP contribution in [0.15, 0.2) is 36.4 Å². The first-order valence-electron chi connectivity index (χ1n) is 8.70. The Morgan fingerprint density at radius 1 is 1.25 bits per heavy atom. The van der Waals surface area contributed by atoms with Crippen LogP contribution in [0.5, 0.6) is 0 Å². The van der Waals surface area contributed by atoms with E-state index in [1.165, 1.54) is 11.3 Å². The van der Waals surface area contributed by atoms with Crippen LogP contribution in [0.3, 0.4) is 0 Å². The highest BCUT2D eigenvalue weighted by atomic mass is 127. The van der Waals surface area contributed by atoms with Gasteiger partial charge in [0.2, 0.25) is 0 Å². The van der Waals surface area contributed by atoms with Crippen LogP contribution >= 0.6 is 33.9 Å². The van der Waals surface area contributed by atoms with E-state index in [0.29, 0.717) is 40.9 Å². The average molecular weight is 504 g/mol. The number of hydrogen-bond acceptors (Lipinski definition) is 5. The molecule has 8 heteroatoms. The van der Waals surface area contributed by atoms with Gasteiger partial charge in [0.1, 0.15) is 17.3 Å². The first-order valence-corrected chi connectivity index (χ1v) is 10.6. The molecular formula is C20H17IN4O2S. The highest BCUT2D eigenvalue weighted by Gasteiger charge is 2.33. The molecule has 0 saturated heterocycles. The summed E-state index contributed by atoms with van der Waals surface area (Å²) in [5.74, 6) is 0.515. The first-order chi connectivity index (χ1) is 13.4. The normalized spacial score (nSPS) is 13.0. The van der Waals surface area contributed by atoms with E-state index >= 15 is 0 Å². The van der Waals surface area contributed by atoms with Crippen LogP contribution in [0.2, 0.25) is 0 Å². The Kier molecular flexibility index (Phi) is 5.15. The van der Waals surface area contributed by atoms with Crippen molar-refractivity contribution in [2.45, 2.75) is 26.9 Å². The van der Waals surface area contributed by atoms with Gasteiger partial charge >= 0.3 is 0 Å². The minimum Gasteiger partial charge on any atom is -0.328 e. The van der Waals surface area contributed by atoms with Gasteiger partial charge in [-0.05, 0) is 66.3 Å². The van der Waals surface area contributed by atoms with Crippen LogP contribution in [0.1, 0.15) is 42.0 Å². The van der Waals surface area contributed by atoms with Crippen LogP contribution in [-0.4, -0.2) is 26.7 Å². The van der Waals surface area contributed by atoms with Gasteiger partial charge in [0, 0.05) is 20.6 Å². The molecule has 142 valence electrons.